The largest absolute Gasteiger partial charge is 0.492 e. The first kappa shape index (κ1) is 18.7. The molecule has 0 unspecified atom stereocenters. The van der Waals surface area contributed by atoms with Crippen molar-refractivity contribution in [3.8, 4) is 5.75 Å². The van der Waals surface area contributed by atoms with E-state index in [1.807, 2.05) is 60.7 Å². The van der Waals surface area contributed by atoms with Crippen LogP contribution in [0.4, 0.5) is 0 Å². The first-order valence-electron chi connectivity index (χ1n) is 9.03. The topological polar surface area (TPSA) is 54.7 Å². The van der Waals surface area contributed by atoms with Gasteiger partial charge in [-0.05, 0) is 29.8 Å². The van der Waals surface area contributed by atoms with Crippen LogP contribution in [-0.4, -0.2) is 30.5 Å². The molecule has 0 saturated carbocycles. The van der Waals surface area contributed by atoms with Gasteiger partial charge in [0.05, 0.1) is 25.9 Å². The fourth-order valence-electron chi connectivity index (χ4n) is 2.77. The highest BCUT2D eigenvalue weighted by Crippen LogP contribution is 2.10. The summed E-state index contributed by atoms with van der Waals surface area (Å²) in [4.78, 5) is 14.4. The molecule has 1 N–H and O–H groups in total. The van der Waals surface area contributed by atoms with E-state index in [0.29, 0.717) is 32.8 Å². The number of carbonyl (C=O) groups excluding carboxylic acids is 1. The molecule has 27 heavy (non-hydrogen) atoms. The first-order valence-corrected chi connectivity index (χ1v) is 9.03. The number of furan rings is 1. The van der Waals surface area contributed by atoms with E-state index < -0.39 is 0 Å². The highest BCUT2D eigenvalue weighted by Gasteiger charge is 2.13. The van der Waals surface area contributed by atoms with Crippen molar-refractivity contribution in [2.45, 2.75) is 13.1 Å². The zero-order valence-electron chi connectivity index (χ0n) is 15.2. The number of rotatable bonds is 10. The van der Waals surface area contributed by atoms with Crippen molar-refractivity contribution in [1.82, 2.24) is 10.2 Å². The second-order valence-electron chi connectivity index (χ2n) is 6.22. The van der Waals surface area contributed by atoms with E-state index in [4.69, 9.17) is 9.15 Å². The summed E-state index contributed by atoms with van der Waals surface area (Å²) in [6.45, 7) is 2.45. The summed E-state index contributed by atoms with van der Waals surface area (Å²) in [5.41, 5.74) is 1.16. The highest BCUT2D eigenvalue weighted by molar-refractivity contribution is 5.78. The van der Waals surface area contributed by atoms with Crippen molar-refractivity contribution in [3.05, 3.63) is 90.4 Å². The van der Waals surface area contributed by atoms with Crippen molar-refractivity contribution in [2.24, 2.45) is 0 Å². The van der Waals surface area contributed by atoms with Gasteiger partial charge in [0.2, 0.25) is 5.91 Å². The molecule has 0 aliphatic carbocycles. The Morgan fingerprint density at radius 2 is 1.67 bits per heavy atom. The third-order valence-electron chi connectivity index (χ3n) is 4.01. The molecular formula is C22H24N2O3. The number of amides is 1. The Kier molecular flexibility index (Phi) is 7.07. The molecule has 0 fully saturated rings. The zero-order valence-corrected chi connectivity index (χ0v) is 15.2. The molecule has 1 amide bonds. The Balaban J connectivity index is 1.47. The van der Waals surface area contributed by atoms with Crippen molar-refractivity contribution < 1.29 is 13.9 Å². The fraction of sp³-hybridized carbons (Fsp3) is 0.227. The number of carbonyl (C=O) groups is 1. The third-order valence-corrected chi connectivity index (χ3v) is 4.01. The maximum Gasteiger partial charge on any atom is 0.234 e. The second kappa shape index (κ2) is 10.2. The van der Waals surface area contributed by atoms with Crippen molar-refractivity contribution >= 4 is 5.91 Å². The van der Waals surface area contributed by atoms with Gasteiger partial charge in [-0.2, -0.15) is 0 Å². The summed E-state index contributed by atoms with van der Waals surface area (Å²) in [6, 6.07) is 23.5. The van der Waals surface area contributed by atoms with Crippen molar-refractivity contribution in [3.63, 3.8) is 0 Å². The summed E-state index contributed by atoms with van der Waals surface area (Å²) in [7, 11) is 0. The average Bonchev–Trinajstić information content (AvgIpc) is 3.20. The molecule has 0 spiro atoms. The Hall–Kier alpha value is -3.05. The molecule has 5 heteroatoms. The van der Waals surface area contributed by atoms with Gasteiger partial charge < -0.3 is 14.5 Å². The van der Waals surface area contributed by atoms with Crippen molar-refractivity contribution in [1.29, 1.82) is 0 Å². The summed E-state index contributed by atoms with van der Waals surface area (Å²) in [5.74, 6) is 1.61. The maximum absolute atomic E-state index is 12.3. The lowest BCUT2D eigenvalue weighted by Gasteiger charge is -2.21. The minimum atomic E-state index is -0.0332. The number of ether oxygens (including phenoxy) is 1. The molecule has 1 heterocycles. The Morgan fingerprint density at radius 3 is 2.37 bits per heavy atom. The normalized spacial score (nSPS) is 10.7. The molecule has 0 atom stereocenters. The number of benzene rings is 2. The number of nitrogens with one attached hydrogen (secondary N) is 1. The van der Waals surface area contributed by atoms with Gasteiger partial charge in [0.1, 0.15) is 18.1 Å². The van der Waals surface area contributed by atoms with Crippen molar-refractivity contribution in [2.75, 3.05) is 19.7 Å². The van der Waals surface area contributed by atoms with Crippen LogP contribution in [0.15, 0.2) is 83.5 Å². The molecular weight excluding hydrogens is 340 g/mol. The van der Waals surface area contributed by atoms with Gasteiger partial charge in [-0.1, -0.05) is 48.5 Å². The average molecular weight is 364 g/mol. The molecule has 0 radical (unpaired) electrons. The van der Waals surface area contributed by atoms with E-state index in [-0.39, 0.29) is 5.91 Å². The minimum absolute atomic E-state index is 0.0332. The quantitative estimate of drug-likeness (QED) is 0.560. The van der Waals surface area contributed by atoms with Gasteiger partial charge >= 0.3 is 0 Å². The Bertz CT molecular complexity index is 789. The predicted octanol–water partition coefficient (Wildman–Crippen LogP) is 3.48. The van der Waals surface area contributed by atoms with Crippen LogP contribution < -0.4 is 10.1 Å². The van der Waals surface area contributed by atoms with Gasteiger partial charge in [0, 0.05) is 6.54 Å². The summed E-state index contributed by atoms with van der Waals surface area (Å²) >= 11 is 0. The molecule has 5 nitrogen and oxygen atoms in total. The Morgan fingerprint density at radius 1 is 0.926 bits per heavy atom. The molecule has 0 saturated heterocycles. The lowest BCUT2D eigenvalue weighted by Crippen LogP contribution is -2.38. The van der Waals surface area contributed by atoms with Crippen LogP contribution in [0.1, 0.15) is 11.3 Å². The fourth-order valence-corrected chi connectivity index (χ4v) is 2.77. The number of hydrogen-bond acceptors (Lipinski definition) is 4. The molecule has 0 aliphatic heterocycles. The van der Waals surface area contributed by atoms with E-state index in [2.05, 4.69) is 22.3 Å². The van der Waals surface area contributed by atoms with Crippen LogP contribution in [-0.2, 0) is 17.9 Å². The van der Waals surface area contributed by atoms with Gasteiger partial charge in [-0.15, -0.1) is 0 Å². The smallest absolute Gasteiger partial charge is 0.234 e. The van der Waals surface area contributed by atoms with Crippen LogP contribution in [0.5, 0.6) is 5.75 Å². The molecule has 0 bridgehead atoms. The standard InChI is InChI=1S/C22H24N2O3/c25-22(23-13-15-27-20-10-5-2-6-11-20)18-24(17-21-12-7-14-26-21)16-19-8-3-1-4-9-19/h1-12,14H,13,15-18H2,(H,23,25). The summed E-state index contributed by atoms with van der Waals surface area (Å²) < 4.78 is 11.0. The lowest BCUT2D eigenvalue weighted by atomic mass is 10.2. The van der Waals surface area contributed by atoms with Gasteiger partial charge in [0.15, 0.2) is 0 Å². The highest BCUT2D eigenvalue weighted by atomic mass is 16.5. The molecule has 2 aromatic carbocycles. The van der Waals surface area contributed by atoms with E-state index in [9.17, 15) is 4.79 Å². The Labute approximate surface area is 159 Å². The third kappa shape index (κ3) is 6.64. The molecule has 3 aromatic rings. The second-order valence-corrected chi connectivity index (χ2v) is 6.22. The van der Waals surface area contributed by atoms with E-state index in [1.54, 1.807) is 6.26 Å². The number of hydrogen-bond donors (Lipinski definition) is 1. The van der Waals surface area contributed by atoms with Crippen LogP contribution >= 0.6 is 0 Å². The summed E-state index contributed by atoms with van der Waals surface area (Å²) in [6.07, 6.45) is 1.65. The zero-order chi connectivity index (χ0) is 18.7. The summed E-state index contributed by atoms with van der Waals surface area (Å²) in [5, 5.41) is 2.91. The van der Waals surface area contributed by atoms with Crippen LogP contribution in [0.3, 0.4) is 0 Å². The lowest BCUT2D eigenvalue weighted by molar-refractivity contribution is -0.122. The SMILES string of the molecule is O=C(CN(Cc1ccccc1)Cc1ccco1)NCCOc1ccccc1. The van der Waals surface area contributed by atoms with Crippen LogP contribution in [0.2, 0.25) is 0 Å². The molecule has 1 aromatic heterocycles. The number of para-hydroxylation sites is 1. The van der Waals surface area contributed by atoms with E-state index in [0.717, 1.165) is 17.1 Å². The molecule has 3 rings (SSSR count). The maximum atomic E-state index is 12.3. The predicted molar refractivity (Wildman–Crippen MR) is 104 cm³/mol. The molecule has 140 valence electrons. The minimum Gasteiger partial charge on any atom is -0.492 e. The van der Waals surface area contributed by atoms with Gasteiger partial charge in [-0.25, -0.2) is 0 Å². The van der Waals surface area contributed by atoms with E-state index in [1.165, 1.54) is 0 Å². The number of nitrogens with zero attached hydrogens (tertiary/aromatic N) is 1. The van der Waals surface area contributed by atoms with E-state index >= 15 is 0 Å². The van der Waals surface area contributed by atoms with Crippen LogP contribution in [0, 0.1) is 0 Å². The van der Waals surface area contributed by atoms with Gasteiger partial charge in [-0.3, -0.25) is 9.69 Å². The monoisotopic (exact) mass is 364 g/mol. The first-order chi connectivity index (χ1) is 13.3. The van der Waals surface area contributed by atoms with Crippen LogP contribution in [0.25, 0.3) is 0 Å². The van der Waals surface area contributed by atoms with Gasteiger partial charge in [0.25, 0.3) is 0 Å². The molecule has 0 aliphatic rings.